The van der Waals surface area contributed by atoms with Gasteiger partial charge in [0.1, 0.15) is 17.1 Å². The molecule has 1 unspecified atom stereocenters. The molecule has 0 bridgehead atoms. The summed E-state index contributed by atoms with van der Waals surface area (Å²) in [6.45, 7) is 1.77. The Balaban J connectivity index is 2.28. The fraction of sp³-hybridized carbons (Fsp3) is 0.235. The van der Waals surface area contributed by atoms with Crippen LogP contribution >= 0.6 is 0 Å². The average molecular weight is 330 g/mol. The third kappa shape index (κ3) is 3.62. The quantitative estimate of drug-likeness (QED) is 0.649. The van der Waals surface area contributed by atoms with Crippen molar-refractivity contribution >= 4 is 11.6 Å². The highest BCUT2D eigenvalue weighted by atomic mass is 16.6. The van der Waals surface area contributed by atoms with Crippen molar-refractivity contribution in [1.29, 1.82) is 0 Å². The van der Waals surface area contributed by atoms with Crippen molar-refractivity contribution in [2.45, 2.75) is 13.0 Å². The molecule has 0 saturated carbocycles. The number of para-hydroxylation sites is 1. The lowest BCUT2D eigenvalue weighted by Crippen LogP contribution is -2.27. The number of carbonyl (C=O) groups is 1. The molecule has 7 heteroatoms. The highest BCUT2D eigenvalue weighted by Gasteiger charge is 2.22. The van der Waals surface area contributed by atoms with Crippen molar-refractivity contribution in [3.63, 3.8) is 0 Å². The Bertz CT molecular complexity index is 760. The molecule has 2 aromatic carbocycles. The minimum absolute atomic E-state index is 0.0104. The smallest absolute Gasteiger partial charge is 0.282 e. The second-order valence-corrected chi connectivity index (χ2v) is 5.08. The number of nitro benzene ring substituents is 1. The number of benzene rings is 2. The van der Waals surface area contributed by atoms with Crippen LogP contribution < -0.4 is 14.8 Å². The van der Waals surface area contributed by atoms with E-state index >= 15 is 0 Å². The fourth-order valence-corrected chi connectivity index (χ4v) is 2.35. The SMILES string of the molecule is COc1ccc(OC)c(C(C)NC(=O)c2ccccc2[N+](=O)[O-])c1. The van der Waals surface area contributed by atoms with Crippen molar-refractivity contribution in [1.82, 2.24) is 5.32 Å². The lowest BCUT2D eigenvalue weighted by atomic mass is 10.1. The van der Waals surface area contributed by atoms with Crippen molar-refractivity contribution in [2.75, 3.05) is 14.2 Å². The lowest BCUT2D eigenvalue weighted by molar-refractivity contribution is -0.385. The van der Waals surface area contributed by atoms with E-state index in [-0.39, 0.29) is 11.3 Å². The van der Waals surface area contributed by atoms with E-state index in [2.05, 4.69) is 5.32 Å². The van der Waals surface area contributed by atoms with Gasteiger partial charge in [0.2, 0.25) is 0 Å². The van der Waals surface area contributed by atoms with Gasteiger partial charge in [-0.25, -0.2) is 0 Å². The molecule has 2 aromatic rings. The first kappa shape index (κ1) is 17.3. The molecule has 0 heterocycles. The molecule has 0 aliphatic heterocycles. The number of hydrogen-bond acceptors (Lipinski definition) is 5. The molecule has 1 amide bonds. The highest BCUT2D eigenvalue weighted by Crippen LogP contribution is 2.29. The normalized spacial score (nSPS) is 11.5. The molecule has 1 N–H and O–H groups in total. The van der Waals surface area contributed by atoms with E-state index < -0.39 is 16.9 Å². The second-order valence-electron chi connectivity index (χ2n) is 5.08. The van der Waals surface area contributed by atoms with Crippen molar-refractivity contribution < 1.29 is 19.2 Å². The van der Waals surface area contributed by atoms with Gasteiger partial charge in [-0.2, -0.15) is 0 Å². The monoisotopic (exact) mass is 330 g/mol. The van der Waals surface area contributed by atoms with Crippen LogP contribution in [0, 0.1) is 10.1 Å². The third-order valence-corrected chi connectivity index (χ3v) is 3.60. The molecule has 0 spiro atoms. The first-order valence-electron chi connectivity index (χ1n) is 7.24. The van der Waals surface area contributed by atoms with Crippen molar-refractivity contribution in [3.05, 3.63) is 63.7 Å². The first-order valence-corrected chi connectivity index (χ1v) is 7.24. The van der Waals surface area contributed by atoms with Crippen molar-refractivity contribution in [2.24, 2.45) is 0 Å². The van der Waals surface area contributed by atoms with Crippen LogP contribution in [0.3, 0.4) is 0 Å². The van der Waals surface area contributed by atoms with Crippen LogP contribution in [0.25, 0.3) is 0 Å². The van der Waals surface area contributed by atoms with Gasteiger partial charge in [0, 0.05) is 11.6 Å². The molecule has 0 saturated heterocycles. The van der Waals surface area contributed by atoms with Crippen LogP contribution in [0.1, 0.15) is 28.9 Å². The van der Waals surface area contributed by atoms with Gasteiger partial charge in [-0.15, -0.1) is 0 Å². The summed E-state index contributed by atoms with van der Waals surface area (Å²) >= 11 is 0. The number of amides is 1. The number of rotatable bonds is 6. The average Bonchev–Trinajstić information content (AvgIpc) is 2.60. The van der Waals surface area contributed by atoms with Gasteiger partial charge in [0.15, 0.2) is 0 Å². The molecule has 2 rings (SSSR count). The van der Waals surface area contributed by atoms with Gasteiger partial charge in [-0.05, 0) is 31.2 Å². The Morgan fingerprint density at radius 2 is 1.88 bits per heavy atom. The van der Waals surface area contributed by atoms with Gasteiger partial charge in [-0.1, -0.05) is 12.1 Å². The number of nitrogens with zero attached hydrogens (tertiary/aromatic N) is 1. The Labute approximate surface area is 139 Å². The van der Waals surface area contributed by atoms with Crippen LogP contribution in [0.15, 0.2) is 42.5 Å². The maximum Gasteiger partial charge on any atom is 0.282 e. The largest absolute Gasteiger partial charge is 0.497 e. The predicted molar refractivity (Wildman–Crippen MR) is 88.5 cm³/mol. The van der Waals surface area contributed by atoms with E-state index in [4.69, 9.17) is 9.47 Å². The summed E-state index contributed by atoms with van der Waals surface area (Å²) in [4.78, 5) is 22.9. The fourth-order valence-electron chi connectivity index (χ4n) is 2.35. The topological polar surface area (TPSA) is 90.7 Å². The van der Waals surface area contributed by atoms with E-state index in [0.29, 0.717) is 17.1 Å². The van der Waals surface area contributed by atoms with Gasteiger partial charge in [0.25, 0.3) is 11.6 Å². The van der Waals surface area contributed by atoms with Gasteiger partial charge >= 0.3 is 0 Å². The molecular weight excluding hydrogens is 312 g/mol. The Hall–Kier alpha value is -3.09. The summed E-state index contributed by atoms with van der Waals surface area (Å²) in [5.74, 6) is 0.684. The summed E-state index contributed by atoms with van der Waals surface area (Å²) in [6.07, 6.45) is 0. The molecular formula is C17H18N2O5. The molecule has 0 aliphatic rings. The second kappa shape index (κ2) is 7.45. The summed E-state index contributed by atoms with van der Waals surface area (Å²) in [6, 6.07) is 10.6. The number of methoxy groups -OCH3 is 2. The van der Waals surface area contributed by atoms with Crippen molar-refractivity contribution in [3.8, 4) is 11.5 Å². The highest BCUT2D eigenvalue weighted by molar-refractivity contribution is 5.98. The number of carbonyl (C=O) groups excluding carboxylic acids is 1. The van der Waals surface area contributed by atoms with E-state index in [1.165, 1.54) is 25.3 Å². The molecule has 1 atom stereocenters. The molecule has 0 aliphatic carbocycles. The van der Waals surface area contributed by atoms with E-state index in [1.807, 2.05) is 0 Å². The molecule has 126 valence electrons. The van der Waals surface area contributed by atoms with Crippen LogP contribution in [0.5, 0.6) is 11.5 Å². The number of nitro groups is 1. The Kier molecular flexibility index (Phi) is 5.36. The molecule has 24 heavy (non-hydrogen) atoms. The summed E-state index contributed by atoms with van der Waals surface area (Å²) < 4.78 is 10.5. The predicted octanol–water partition coefficient (Wildman–Crippen LogP) is 3.10. The zero-order chi connectivity index (χ0) is 17.7. The van der Waals surface area contributed by atoms with Gasteiger partial charge < -0.3 is 14.8 Å². The molecule has 0 aromatic heterocycles. The van der Waals surface area contributed by atoms with E-state index in [1.54, 1.807) is 38.3 Å². The Morgan fingerprint density at radius 1 is 1.17 bits per heavy atom. The van der Waals surface area contributed by atoms with Crippen LogP contribution in [0.2, 0.25) is 0 Å². The standard InChI is InChI=1S/C17H18N2O5/c1-11(14-10-12(23-2)8-9-16(14)24-3)18-17(20)13-6-4-5-7-15(13)19(21)22/h4-11H,1-3H3,(H,18,20). The lowest BCUT2D eigenvalue weighted by Gasteiger charge is -2.18. The minimum atomic E-state index is -0.578. The third-order valence-electron chi connectivity index (χ3n) is 3.60. The number of nitrogens with one attached hydrogen (secondary N) is 1. The number of hydrogen-bond donors (Lipinski definition) is 1. The first-order chi connectivity index (χ1) is 11.5. The van der Waals surface area contributed by atoms with Gasteiger partial charge in [0.05, 0.1) is 25.2 Å². The Morgan fingerprint density at radius 3 is 2.50 bits per heavy atom. The zero-order valence-corrected chi connectivity index (χ0v) is 13.6. The molecule has 0 fully saturated rings. The van der Waals surface area contributed by atoms with Crippen LogP contribution in [-0.2, 0) is 0 Å². The summed E-state index contributed by atoms with van der Waals surface area (Å²) in [5, 5.41) is 13.8. The van der Waals surface area contributed by atoms with Crippen LogP contribution in [0.4, 0.5) is 5.69 Å². The zero-order valence-electron chi connectivity index (χ0n) is 13.6. The minimum Gasteiger partial charge on any atom is -0.497 e. The van der Waals surface area contributed by atoms with Gasteiger partial charge in [-0.3, -0.25) is 14.9 Å². The van der Waals surface area contributed by atoms with E-state index in [9.17, 15) is 14.9 Å². The molecule has 7 nitrogen and oxygen atoms in total. The number of ether oxygens (including phenoxy) is 2. The molecule has 0 radical (unpaired) electrons. The maximum absolute atomic E-state index is 12.4. The maximum atomic E-state index is 12.4. The summed E-state index contributed by atoms with van der Waals surface area (Å²) in [5.41, 5.74) is 0.486. The van der Waals surface area contributed by atoms with Crippen LogP contribution in [-0.4, -0.2) is 25.1 Å². The summed E-state index contributed by atoms with van der Waals surface area (Å²) in [7, 11) is 3.07. The van der Waals surface area contributed by atoms with E-state index in [0.717, 1.165) is 0 Å².